The zero-order chi connectivity index (χ0) is 98.8. The molecule has 0 aliphatic rings. The number of ketones is 4. The van der Waals surface area contributed by atoms with Gasteiger partial charge < -0.3 is 123 Å². The number of nitrogens with one attached hydrogen (secondary N) is 7. The number of methoxy groups -OCH3 is 1. The van der Waals surface area contributed by atoms with Gasteiger partial charge in [-0.3, -0.25) is 62.3 Å². The Bertz CT molecular complexity index is 3530. The Hall–Kier alpha value is -9.10. The van der Waals surface area contributed by atoms with E-state index in [0.29, 0.717) is 142 Å². The van der Waals surface area contributed by atoms with Gasteiger partial charge >= 0.3 is 17.9 Å². The molecule has 0 heterocycles. The summed E-state index contributed by atoms with van der Waals surface area (Å²) in [6.45, 7) is 24.2. The number of amides is 7. The average Bonchev–Trinajstić information content (AvgIpc) is 0.903. The zero-order valence-electron chi connectivity index (χ0n) is 81.0. The molecule has 0 aliphatic carbocycles. The Balaban J connectivity index is 0.00000140. The lowest BCUT2D eigenvalue weighted by Gasteiger charge is -2.19. The van der Waals surface area contributed by atoms with Crippen molar-refractivity contribution in [2.75, 3.05) is 218 Å². The fraction of sp³-hybridized carbons (Fsp3) is 0.726. The van der Waals surface area contributed by atoms with Crippen LogP contribution in [0.1, 0.15) is 208 Å². The Morgan fingerprint density at radius 2 is 0.545 bits per heavy atom. The van der Waals surface area contributed by atoms with Crippen LogP contribution in [0.5, 0.6) is 11.5 Å². The average molecular weight is 1910 g/mol. The summed E-state index contributed by atoms with van der Waals surface area (Å²) in [5.41, 5.74) is 0.480. The first-order valence-corrected chi connectivity index (χ1v) is 46.9. The van der Waals surface area contributed by atoms with Crippen LogP contribution >= 0.6 is 0 Å². The summed E-state index contributed by atoms with van der Waals surface area (Å²) in [6.07, 6.45) is 7.78. The number of carboxylic acid groups (broad SMARTS) is 1. The maximum atomic E-state index is 13.4. The monoisotopic (exact) mass is 1910 g/mol. The third-order valence-corrected chi connectivity index (χ3v) is 18.3. The van der Waals surface area contributed by atoms with Gasteiger partial charge in [-0.2, -0.15) is 0 Å². The summed E-state index contributed by atoms with van der Waals surface area (Å²) in [5.74, 6) is -2.15. The summed E-state index contributed by atoms with van der Waals surface area (Å²) in [7, 11) is 1.60. The number of ether oxygens (including phenoxy) is 17. The van der Waals surface area contributed by atoms with Crippen molar-refractivity contribution in [3.63, 3.8) is 0 Å². The van der Waals surface area contributed by atoms with Gasteiger partial charge in [0.05, 0.1) is 144 Å². The highest BCUT2D eigenvalue weighted by molar-refractivity contribution is 5.89. The molecular formula is C95H157N7O32. The first kappa shape index (κ1) is 123. The summed E-state index contributed by atoms with van der Waals surface area (Å²) in [6, 6.07) is 12.3. The zero-order valence-corrected chi connectivity index (χ0v) is 81.0. The van der Waals surface area contributed by atoms with E-state index in [4.69, 9.17) is 80.5 Å². The maximum absolute atomic E-state index is 13.4. The molecule has 7 amide bonds. The number of Topliss-reactive ketones (excluding diaryl/α,β-unsaturated/α-hetero) is 4. The lowest BCUT2D eigenvalue weighted by atomic mass is 9.99. The van der Waals surface area contributed by atoms with E-state index in [-0.39, 0.29) is 298 Å². The fourth-order valence-electron chi connectivity index (χ4n) is 11.5. The van der Waals surface area contributed by atoms with Crippen LogP contribution in [0.3, 0.4) is 0 Å². The lowest BCUT2D eigenvalue weighted by Crippen LogP contribution is -2.42. The molecule has 0 aromatic heterocycles. The van der Waals surface area contributed by atoms with Crippen LogP contribution in [0, 0.1) is 0 Å². The van der Waals surface area contributed by atoms with Crippen LogP contribution in [0.25, 0.3) is 0 Å². The van der Waals surface area contributed by atoms with Crippen molar-refractivity contribution < 1.29 is 153 Å². The highest BCUT2D eigenvalue weighted by atomic mass is 16.6. The quantitative estimate of drug-likeness (QED) is 0.0267. The molecule has 0 saturated heterocycles. The van der Waals surface area contributed by atoms with Gasteiger partial charge in [0.2, 0.25) is 41.4 Å². The second-order valence-electron chi connectivity index (χ2n) is 32.7. The van der Waals surface area contributed by atoms with E-state index in [1.54, 1.807) is 85.1 Å². The molecule has 0 spiro atoms. The van der Waals surface area contributed by atoms with E-state index >= 15 is 0 Å². The van der Waals surface area contributed by atoms with Gasteiger partial charge in [-0.15, -0.1) is 0 Å². The second kappa shape index (κ2) is 82.2. The molecular weight excluding hydrogens is 1750 g/mol. The van der Waals surface area contributed by atoms with Gasteiger partial charge in [-0.25, -0.2) is 4.79 Å². The molecule has 764 valence electrons. The molecule has 0 radical (unpaired) electrons. The molecule has 0 aliphatic heterocycles. The van der Waals surface area contributed by atoms with Crippen molar-refractivity contribution in [2.24, 2.45) is 0 Å². The molecule has 0 saturated carbocycles. The summed E-state index contributed by atoms with van der Waals surface area (Å²) >= 11 is 0. The van der Waals surface area contributed by atoms with Gasteiger partial charge in [0, 0.05) is 176 Å². The number of carboxylic acids is 1. The van der Waals surface area contributed by atoms with Gasteiger partial charge in [-0.05, 0) is 122 Å². The van der Waals surface area contributed by atoms with E-state index in [1.807, 2.05) is 26.0 Å². The van der Waals surface area contributed by atoms with Crippen molar-refractivity contribution in [3.8, 4) is 11.5 Å². The van der Waals surface area contributed by atoms with Crippen molar-refractivity contribution >= 4 is 82.4 Å². The van der Waals surface area contributed by atoms with Crippen molar-refractivity contribution in [3.05, 3.63) is 59.7 Å². The van der Waals surface area contributed by atoms with Crippen LogP contribution in [0.4, 0.5) is 0 Å². The molecule has 0 fully saturated rings. The predicted octanol–water partition coefficient (Wildman–Crippen LogP) is 6.28. The number of carbonyl (C=O) groups is 14. The standard InChI is InChI=1S/C55H92N4O18.C40H65N3O14/c1-6-27-69-36-22-53(66)59-48(49(62)12-9-30-71-34-20-51(64)56-24-38-72-31-17-45(60)10-7-28-68-5)43-44-13-15-47(16-14-44)76-42-41-75-35-21-52(65)57-25-39-73-32-18-46(61)11-8-29-70-33-19-50(63)58-26-40-74-37-23-54(67)77-55(2,3)4;1-5-19-51-24-15-37(47)43-34(39(49)50)30-31-8-10-33(11-9-31)56-29-28-55-23-14-36(46)41-17-26-53-21-12-32(44)7-6-20-52-22-13-35(45)42-18-27-54-25-16-38(48)57-40(2,3)4/h13-16,48H,6-12,17-43H2,1-5H3,(H,56,64)(H,57,65)(H,58,63)(H,59,66);8-11,34H,5-7,12-30H2,1-4H3,(H,41,46)(H,42,45)(H,43,47)(H,49,50)/t48-;34-/m00/s1. The lowest BCUT2D eigenvalue weighted by molar-refractivity contribution is -0.157. The fourth-order valence-corrected chi connectivity index (χ4v) is 11.5. The molecule has 0 bridgehead atoms. The third-order valence-electron chi connectivity index (χ3n) is 18.3. The Labute approximate surface area is 791 Å². The summed E-state index contributed by atoms with van der Waals surface area (Å²) in [5, 5.41) is 28.6. The Morgan fingerprint density at radius 3 is 0.851 bits per heavy atom. The molecule has 8 N–H and O–H groups in total. The van der Waals surface area contributed by atoms with E-state index in [9.17, 15) is 72.2 Å². The predicted molar refractivity (Wildman–Crippen MR) is 494 cm³/mol. The highest BCUT2D eigenvalue weighted by Crippen LogP contribution is 2.18. The van der Waals surface area contributed by atoms with Crippen LogP contribution in [-0.4, -0.2) is 329 Å². The maximum Gasteiger partial charge on any atom is 0.326 e. The largest absolute Gasteiger partial charge is 0.491 e. The first-order chi connectivity index (χ1) is 64.4. The minimum atomic E-state index is -1.12. The smallest absolute Gasteiger partial charge is 0.326 e. The molecule has 2 atom stereocenters. The molecule has 39 nitrogen and oxygen atoms in total. The number of carbonyl (C=O) groups excluding carboxylic acids is 13. The SMILES string of the molecule is CCCOCCC(=O)N[C@@H](Cc1ccc(OCCOCCC(=O)NCCOCCC(=O)CCCOCCC(=O)NCCOCCC(=O)OC(C)(C)C)cc1)C(=O)CCCOCCC(=O)NCCOCCC(=O)CCCOC.CCCOCCC(=O)N[C@@H](Cc1ccc(OCCOCCC(=O)NCCOCCC(=O)CCCOCCC(=O)NCCOCCC(=O)OC(C)(C)C)cc1)C(=O)O. The molecule has 2 aromatic carbocycles. The van der Waals surface area contributed by atoms with E-state index in [1.165, 1.54) is 0 Å². The minimum absolute atomic E-state index is 0.0364. The van der Waals surface area contributed by atoms with Crippen LogP contribution in [0.15, 0.2) is 48.5 Å². The summed E-state index contributed by atoms with van der Waals surface area (Å²) < 4.78 is 92.1. The van der Waals surface area contributed by atoms with Crippen molar-refractivity contribution in [2.45, 2.75) is 233 Å². The third kappa shape index (κ3) is 79.1. The van der Waals surface area contributed by atoms with Crippen LogP contribution in [-0.2, 0) is 151 Å². The number of benzene rings is 2. The van der Waals surface area contributed by atoms with Gasteiger partial charge in [-0.1, -0.05) is 38.1 Å². The first-order valence-electron chi connectivity index (χ1n) is 46.9. The molecule has 134 heavy (non-hydrogen) atoms. The van der Waals surface area contributed by atoms with E-state index < -0.39 is 29.3 Å². The number of aliphatic carboxylic acids is 1. The van der Waals surface area contributed by atoms with Crippen LogP contribution in [0.2, 0.25) is 0 Å². The Morgan fingerprint density at radius 1 is 0.284 bits per heavy atom. The van der Waals surface area contributed by atoms with E-state index in [0.717, 1.165) is 24.0 Å². The topological polar surface area (TPSA) is 500 Å². The number of rotatable bonds is 87. The number of hydrogen-bond acceptors (Lipinski definition) is 31. The number of esters is 2. The normalized spacial score (nSPS) is 11.7. The molecule has 2 aromatic rings. The Kier molecular flexibility index (Phi) is 75.4. The minimum Gasteiger partial charge on any atom is -0.491 e. The molecule has 39 heteroatoms. The second-order valence-corrected chi connectivity index (χ2v) is 32.7. The van der Waals surface area contributed by atoms with Crippen molar-refractivity contribution in [1.29, 1.82) is 0 Å². The highest BCUT2D eigenvalue weighted by Gasteiger charge is 2.24. The number of hydrogen-bond donors (Lipinski definition) is 8. The van der Waals surface area contributed by atoms with Gasteiger partial charge in [0.15, 0.2) is 5.78 Å². The molecule has 2 rings (SSSR count). The summed E-state index contributed by atoms with van der Waals surface area (Å²) in [4.78, 5) is 169. The van der Waals surface area contributed by atoms with Crippen LogP contribution < -0.4 is 46.7 Å². The van der Waals surface area contributed by atoms with Gasteiger partial charge in [0.1, 0.15) is 59.3 Å². The van der Waals surface area contributed by atoms with Gasteiger partial charge in [0.25, 0.3) is 0 Å². The molecule has 0 unspecified atom stereocenters. The van der Waals surface area contributed by atoms with Crippen molar-refractivity contribution in [1.82, 2.24) is 37.2 Å². The van der Waals surface area contributed by atoms with E-state index in [2.05, 4.69) is 37.2 Å².